The van der Waals surface area contributed by atoms with Gasteiger partial charge in [-0.25, -0.2) is 0 Å². The molecule has 0 aliphatic rings. The number of allylic oxidation sites excluding steroid dienone is 1. The Balaban J connectivity index is 3.22. The predicted octanol–water partition coefficient (Wildman–Crippen LogP) is 3.77. The SMILES string of the molecule is C=C[C](C)c1cccc(C=C)c1C. The van der Waals surface area contributed by atoms with Crippen molar-refractivity contribution in [2.75, 3.05) is 0 Å². The summed E-state index contributed by atoms with van der Waals surface area (Å²) in [5.41, 5.74) is 3.72. The number of hydrogen-bond donors (Lipinski definition) is 0. The second-order valence-corrected chi connectivity index (χ2v) is 3.11. The molecule has 1 aromatic carbocycles. The zero-order chi connectivity index (χ0) is 9.84. The smallest absolute Gasteiger partial charge is 0.0233 e. The highest BCUT2D eigenvalue weighted by molar-refractivity contribution is 5.57. The highest BCUT2D eigenvalue weighted by Crippen LogP contribution is 2.22. The summed E-state index contributed by atoms with van der Waals surface area (Å²) >= 11 is 0. The van der Waals surface area contributed by atoms with Gasteiger partial charge in [0, 0.05) is 5.92 Å². The van der Waals surface area contributed by atoms with Crippen molar-refractivity contribution in [1.29, 1.82) is 0 Å². The van der Waals surface area contributed by atoms with Crippen LogP contribution >= 0.6 is 0 Å². The van der Waals surface area contributed by atoms with Crippen molar-refractivity contribution >= 4 is 6.08 Å². The molecule has 0 amide bonds. The van der Waals surface area contributed by atoms with Crippen LogP contribution < -0.4 is 0 Å². The van der Waals surface area contributed by atoms with Gasteiger partial charge < -0.3 is 0 Å². The Labute approximate surface area is 80.6 Å². The van der Waals surface area contributed by atoms with Gasteiger partial charge in [-0.1, -0.05) is 43.9 Å². The molecule has 0 N–H and O–H groups in total. The van der Waals surface area contributed by atoms with Gasteiger partial charge in [-0.3, -0.25) is 0 Å². The standard InChI is InChI=1S/C13H15/c1-5-10(3)13-9-7-8-12(6-2)11(13)4/h5-9H,1-2H2,3-4H3. The zero-order valence-electron chi connectivity index (χ0n) is 8.30. The monoisotopic (exact) mass is 171 g/mol. The predicted molar refractivity (Wildman–Crippen MR) is 59.5 cm³/mol. The molecule has 0 aliphatic carbocycles. The number of benzene rings is 1. The van der Waals surface area contributed by atoms with Crippen LogP contribution in [0.1, 0.15) is 23.6 Å². The lowest BCUT2D eigenvalue weighted by Crippen LogP contribution is -1.95. The topological polar surface area (TPSA) is 0 Å². The summed E-state index contributed by atoms with van der Waals surface area (Å²) in [4.78, 5) is 0. The van der Waals surface area contributed by atoms with Crippen LogP contribution in [0.3, 0.4) is 0 Å². The molecular weight excluding hydrogens is 156 g/mol. The molecule has 0 heteroatoms. The summed E-state index contributed by atoms with van der Waals surface area (Å²) in [5, 5.41) is 0. The third-order valence-electron chi connectivity index (χ3n) is 2.33. The molecule has 1 radical (unpaired) electrons. The van der Waals surface area contributed by atoms with Gasteiger partial charge >= 0.3 is 0 Å². The van der Waals surface area contributed by atoms with Crippen LogP contribution in [0.25, 0.3) is 6.08 Å². The van der Waals surface area contributed by atoms with Crippen molar-refractivity contribution in [2.45, 2.75) is 13.8 Å². The fraction of sp³-hybridized carbons (Fsp3) is 0.154. The van der Waals surface area contributed by atoms with E-state index in [2.05, 4.69) is 39.1 Å². The summed E-state index contributed by atoms with van der Waals surface area (Å²) in [7, 11) is 0. The fourth-order valence-electron chi connectivity index (χ4n) is 1.41. The molecule has 0 aliphatic heterocycles. The maximum atomic E-state index is 3.78. The highest BCUT2D eigenvalue weighted by atomic mass is 14.1. The summed E-state index contributed by atoms with van der Waals surface area (Å²) in [6, 6.07) is 6.23. The Morgan fingerprint density at radius 3 is 2.54 bits per heavy atom. The van der Waals surface area contributed by atoms with Crippen molar-refractivity contribution < 1.29 is 0 Å². The van der Waals surface area contributed by atoms with Crippen molar-refractivity contribution in [3.63, 3.8) is 0 Å². The molecule has 1 aromatic rings. The van der Waals surface area contributed by atoms with Crippen LogP contribution in [0.15, 0.2) is 37.4 Å². The number of rotatable bonds is 3. The Morgan fingerprint density at radius 2 is 2.00 bits per heavy atom. The minimum atomic E-state index is 1.19. The average Bonchev–Trinajstić information content (AvgIpc) is 2.17. The van der Waals surface area contributed by atoms with E-state index in [4.69, 9.17) is 0 Å². The van der Waals surface area contributed by atoms with E-state index in [1.165, 1.54) is 22.6 Å². The van der Waals surface area contributed by atoms with Gasteiger partial charge in [0.1, 0.15) is 0 Å². The molecule has 0 atom stereocenters. The van der Waals surface area contributed by atoms with Gasteiger partial charge in [0.15, 0.2) is 0 Å². The summed E-state index contributed by atoms with van der Waals surface area (Å²) in [6.45, 7) is 11.7. The molecule has 0 spiro atoms. The Bertz CT molecular complexity index is 321. The lowest BCUT2D eigenvalue weighted by Gasteiger charge is -2.11. The maximum absolute atomic E-state index is 3.78. The van der Waals surface area contributed by atoms with E-state index in [-0.39, 0.29) is 0 Å². The van der Waals surface area contributed by atoms with E-state index in [1.54, 1.807) is 0 Å². The van der Waals surface area contributed by atoms with E-state index >= 15 is 0 Å². The van der Waals surface area contributed by atoms with Crippen molar-refractivity contribution in [3.8, 4) is 0 Å². The Hall–Kier alpha value is -1.30. The minimum Gasteiger partial charge on any atom is -0.102 e. The molecule has 0 saturated heterocycles. The highest BCUT2D eigenvalue weighted by Gasteiger charge is 2.06. The van der Waals surface area contributed by atoms with Crippen LogP contribution in [-0.4, -0.2) is 0 Å². The first-order valence-electron chi connectivity index (χ1n) is 4.39. The molecule has 67 valence electrons. The zero-order valence-corrected chi connectivity index (χ0v) is 8.30. The molecule has 0 fully saturated rings. The Morgan fingerprint density at radius 1 is 1.31 bits per heavy atom. The fourth-order valence-corrected chi connectivity index (χ4v) is 1.41. The van der Waals surface area contributed by atoms with E-state index in [0.29, 0.717) is 0 Å². The van der Waals surface area contributed by atoms with Gasteiger partial charge in [0.25, 0.3) is 0 Å². The van der Waals surface area contributed by atoms with E-state index < -0.39 is 0 Å². The van der Waals surface area contributed by atoms with Crippen molar-refractivity contribution in [2.24, 2.45) is 0 Å². The molecule has 0 unspecified atom stereocenters. The summed E-state index contributed by atoms with van der Waals surface area (Å²) < 4.78 is 0. The van der Waals surface area contributed by atoms with Gasteiger partial charge in [0.05, 0.1) is 0 Å². The first-order valence-corrected chi connectivity index (χ1v) is 4.39. The van der Waals surface area contributed by atoms with Crippen LogP contribution in [0.2, 0.25) is 0 Å². The lowest BCUT2D eigenvalue weighted by molar-refractivity contribution is 1.21. The summed E-state index contributed by atoms with van der Waals surface area (Å²) in [6.07, 6.45) is 3.77. The van der Waals surface area contributed by atoms with E-state index in [1.807, 2.05) is 18.2 Å². The molecule has 13 heavy (non-hydrogen) atoms. The number of hydrogen-bond acceptors (Lipinski definition) is 0. The van der Waals surface area contributed by atoms with Gasteiger partial charge in [-0.05, 0) is 23.6 Å². The first-order chi connectivity index (χ1) is 6.20. The maximum Gasteiger partial charge on any atom is 0.0233 e. The third-order valence-corrected chi connectivity index (χ3v) is 2.33. The normalized spacial score (nSPS) is 10.1. The van der Waals surface area contributed by atoms with Crippen LogP contribution in [-0.2, 0) is 0 Å². The van der Waals surface area contributed by atoms with Crippen LogP contribution in [0, 0.1) is 12.8 Å². The minimum absolute atomic E-state index is 1.19. The van der Waals surface area contributed by atoms with Gasteiger partial charge in [-0.15, -0.1) is 6.58 Å². The third kappa shape index (κ3) is 1.89. The molecular formula is C13H15. The molecule has 0 aromatic heterocycles. The second kappa shape index (κ2) is 4.08. The lowest BCUT2D eigenvalue weighted by atomic mass is 9.93. The largest absolute Gasteiger partial charge is 0.102 e. The van der Waals surface area contributed by atoms with E-state index in [0.717, 1.165) is 0 Å². The van der Waals surface area contributed by atoms with Crippen molar-refractivity contribution in [1.82, 2.24) is 0 Å². The second-order valence-electron chi connectivity index (χ2n) is 3.11. The van der Waals surface area contributed by atoms with E-state index in [9.17, 15) is 0 Å². The van der Waals surface area contributed by atoms with Crippen molar-refractivity contribution in [3.05, 3.63) is 60.0 Å². The Kier molecular flexibility index (Phi) is 3.07. The molecule has 0 saturated carbocycles. The molecule has 0 heterocycles. The van der Waals surface area contributed by atoms with Gasteiger partial charge in [-0.2, -0.15) is 0 Å². The summed E-state index contributed by atoms with van der Waals surface area (Å²) in [5.74, 6) is 1.21. The van der Waals surface area contributed by atoms with Crippen LogP contribution in [0.4, 0.5) is 0 Å². The average molecular weight is 171 g/mol. The quantitative estimate of drug-likeness (QED) is 0.649. The van der Waals surface area contributed by atoms with Gasteiger partial charge in [0.2, 0.25) is 0 Å². The first kappa shape index (κ1) is 9.79. The molecule has 0 bridgehead atoms. The van der Waals surface area contributed by atoms with Crippen LogP contribution in [0.5, 0.6) is 0 Å². The molecule has 1 rings (SSSR count). The molecule has 0 nitrogen and oxygen atoms in total.